The molecule has 1 unspecified atom stereocenters. The van der Waals surface area contributed by atoms with Crippen LogP contribution in [0.4, 0.5) is 0 Å². The molecular formula is C17H23NO2. The van der Waals surface area contributed by atoms with Gasteiger partial charge in [0.25, 0.3) is 0 Å². The van der Waals surface area contributed by atoms with Crippen LogP contribution in [0.1, 0.15) is 30.9 Å². The van der Waals surface area contributed by atoms with Gasteiger partial charge in [-0.1, -0.05) is 31.2 Å². The molecule has 1 aromatic carbocycles. The van der Waals surface area contributed by atoms with Crippen LogP contribution >= 0.6 is 0 Å². The molecule has 0 radical (unpaired) electrons. The zero-order valence-electron chi connectivity index (χ0n) is 12.1. The molecule has 3 nitrogen and oxygen atoms in total. The number of aliphatic hydroxyl groups is 1. The van der Waals surface area contributed by atoms with E-state index in [2.05, 4.69) is 19.1 Å². The van der Waals surface area contributed by atoms with E-state index in [0.29, 0.717) is 6.54 Å². The van der Waals surface area contributed by atoms with E-state index >= 15 is 0 Å². The van der Waals surface area contributed by atoms with Crippen molar-refractivity contribution in [2.24, 2.45) is 5.92 Å². The van der Waals surface area contributed by atoms with E-state index in [-0.39, 0.29) is 18.4 Å². The molecule has 1 atom stereocenters. The number of nitrogens with zero attached hydrogens (tertiary/aromatic N) is 1. The van der Waals surface area contributed by atoms with Crippen LogP contribution in [0.2, 0.25) is 0 Å². The Balaban J connectivity index is 1.94. The predicted molar refractivity (Wildman–Crippen MR) is 81.2 cm³/mol. The molecule has 108 valence electrons. The monoisotopic (exact) mass is 273 g/mol. The van der Waals surface area contributed by atoms with E-state index in [1.807, 2.05) is 23.1 Å². The summed E-state index contributed by atoms with van der Waals surface area (Å²) in [5, 5.41) is 9.19. The molecule has 1 aliphatic rings. The summed E-state index contributed by atoms with van der Waals surface area (Å²) < 4.78 is 0. The van der Waals surface area contributed by atoms with E-state index in [0.717, 1.165) is 31.4 Å². The van der Waals surface area contributed by atoms with Gasteiger partial charge in [0.2, 0.25) is 5.91 Å². The number of carbonyl (C=O) groups excluding carboxylic acids is 1. The standard InChI is InChI=1S/C17H23NO2/c1-2-14-5-7-15(8-6-14)9-10-17(20)18-11-3-4-16(12-18)13-19/h5-10,16,19H,2-4,11-13H2,1H3/b10-9+. The summed E-state index contributed by atoms with van der Waals surface area (Å²) in [7, 11) is 0. The van der Waals surface area contributed by atoms with Crippen LogP contribution in [0.3, 0.4) is 0 Å². The number of hydrogen-bond donors (Lipinski definition) is 1. The molecule has 0 bridgehead atoms. The minimum Gasteiger partial charge on any atom is -0.396 e. The van der Waals surface area contributed by atoms with Crippen LogP contribution in [0.25, 0.3) is 6.08 Å². The van der Waals surface area contributed by atoms with Crippen molar-refractivity contribution >= 4 is 12.0 Å². The summed E-state index contributed by atoms with van der Waals surface area (Å²) in [6.07, 6.45) is 6.53. The normalized spacial score (nSPS) is 19.5. The van der Waals surface area contributed by atoms with Crippen LogP contribution < -0.4 is 0 Å². The van der Waals surface area contributed by atoms with Crippen LogP contribution in [-0.2, 0) is 11.2 Å². The fraction of sp³-hybridized carbons (Fsp3) is 0.471. The van der Waals surface area contributed by atoms with E-state index in [9.17, 15) is 9.90 Å². The maximum Gasteiger partial charge on any atom is 0.246 e. The van der Waals surface area contributed by atoms with Crippen molar-refractivity contribution < 1.29 is 9.90 Å². The van der Waals surface area contributed by atoms with Crippen LogP contribution in [0, 0.1) is 5.92 Å². The summed E-state index contributed by atoms with van der Waals surface area (Å²) in [6.45, 7) is 3.77. The Morgan fingerprint density at radius 2 is 2.15 bits per heavy atom. The number of aryl methyl sites for hydroxylation is 1. The highest BCUT2D eigenvalue weighted by molar-refractivity contribution is 5.91. The average Bonchev–Trinajstić information content (AvgIpc) is 2.53. The van der Waals surface area contributed by atoms with Crippen molar-refractivity contribution in [1.82, 2.24) is 4.90 Å². The van der Waals surface area contributed by atoms with Gasteiger partial charge < -0.3 is 10.0 Å². The lowest BCUT2D eigenvalue weighted by Crippen LogP contribution is -2.40. The number of benzene rings is 1. The first-order valence-electron chi connectivity index (χ1n) is 7.39. The Hall–Kier alpha value is -1.61. The molecule has 3 heteroatoms. The van der Waals surface area contributed by atoms with Gasteiger partial charge >= 0.3 is 0 Å². The second kappa shape index (κ2) is 7.25. The summed E-state index contributed by atoms with van der Waals surface area (Å²) >= 11 is 0. The highest BCUT2D eigenvalue weighted by Gasteiger charge is 2.21. The molecule has 1 saturated heterocycles. The Morgan fingerprint density at radius 1 is 1.40 bits per heavy atom. The minimum absolute atomic E-state index is 0.0442. The Morgan fingerprint density at radius 3 is 2.80 bits per heavy atom. The fourth-order valence-corrected chi connectivity index (χ4v) is 2.55. The average molecular weight is 273 g/mol. The van der Waals surface area contributed by atoms with Crippen molar-refractivity contribution in [1.29, 1.82) is 0 Å². The lowest BCUT2D eigenvalue weighted by atomic mass is 9.99. The first-order chi connectivity index (χ1) is 9.72. The molecule has 1 N–H and O–H groups in total. The predicted octanol–water partition coefficient (Wildman–Crippen LogP) is 2.49. The lowest BCUT2D eigenvalue weighted by molar-refractivity contribution is -0.127. The number of amides is 1. The van der Waals surface area contributed by atoms with Crippen molar-refractivity contribution in [3.63, 3.8) is 0 Å². The molecule has 0 saturated carbocycles. The zero-order valence-corrected chi connectivity index (χ0v) is 12.1. The smallest absolute Gasteiger partial charge is 0.246 e. The fourth-order valence-electron chi connectivity index (χ4n) is 2.55. The highest BCUT2D eigenvalue weighted by atomic mass is 16.3. The van der Waals surface area contributed by atoms with E-state index in [1.54, 1.807) is 6.08 Å². The third-order valence-electron chi connectivity index (χ3n) is 3.90. The van der Waals surface area contributed by atoms with Gasteiger partial charge in [0.1, 0.15) is 0 Å². The topological polar surface area (TPSA) is 40.5 Å². The highest BCUT2D eigenvalue weighted by Crippen LogP contribution is 2.16. The zero-order chi connectivity index (χ0) is 14.4. The molecule has 1 aliphatic heterocycles. The molecule has 1 heterocycles. The first kappa shape index (κ1) is 14.8. The van der Waals surface area contributed by atoms with Crippen molar-refractivity contribution in [2.45, 2.75) is 26.2 Å². The van der Waals surface area contributed by atoms with E-state index in [4.69, 9.17) is 0 Å². The maximum atomic E-state index is 12.1. The van der Waals surface area contributed by atoms with Gasteiger partial charge in [0, 0.05) is 25.8 Å². The Bertz CT molecular complexity index is 464. The van der Waals surface area contributed by atoms with E-state index < -0.39 is 0 Å². The van der Waals surface area contributed by atoms with Crippen LogP contribution in [0.5, 0.6) is 0 Å². The summed E-state index contributed by atoms with van der Waals surface area (Å²) in [5.41, 5.74) is 2.35. The van der Waals surface area contributed by atoms with Gasteiger partial charge in [-0.3, -0.25) is 4.79 Å². The Labute approximate surface area is 120 Å². The van der Waals surface area contributed by atoms with Crippen LogP contribution in [0.15, 0.2) is 30.3 Å². The summed E-state index contributed by atoms with van der Waals surface area (Å²) in [5.74, 6) is 0.285. The second-order valence-electron chi connectivity index (χ2n) is 5.40. The first-order valence-corrected chi connectivity index (χ1v) is 7.39. The molecule has 0 spiro atoms. The van der Waals surface area contributed by atoms with Crippen molar-refractivity contribution in [2.75, 3.05) is 19.7 Å². The quantitative estimate of drug-likeness (QED) is 0.856. The van der Waals surface area contributed by atoms with Gasteiger partial charge in [-0.2, -0.15) is 0 Å². The molecule has 1 fully saturated rings. The largest absolute Gasteiger partial charge is 0.396 e. The van der Waals surface area contributed by atoms with Gasteiger partial charge in [-0.15, -0.1) is 0 Å². The lowest BCUT2D eigenvalue weighted by Gasteiger charge is -2.31. The Kier molecular flexibility index (Phi) is 5.36. The third-order valence-corrected chi connectivity index (χ3v) is 3.90. The minimum atomic E-state index is 0.0442. The molecule has 1 amide bonds. The number of carbonyl (C=O) groups is 1. The van der Waals surface area contributed by atoms with E-state index in [1.165, 1.54) is 5.56 Å². The molecule has 20 heavy (non-hydrogen) atoms. The van der Waals surface area contributed by atoms with Crippen molar-refractivity contribution in [3.05, 3.63) is 41.5 Å². The molecule has 1 aromatic rings. The van der Waals surface area contributed by atoms with Gasteiger partial charge in [0.15, 0.2) is 0 Å². The number of piperidine rings is 1. The molecular weight excluding hydrogens is 250 g/mol. The van der Waals surface area contributed by atoms with Gasteiger partial charge in [0.05, 0.1) is 0 Å². The second-order valence-corrected chi connectivity index (χ2v) is 5.40. The number of likely N-dealkylation sites (tertiary alicyclic amines) is 1. The van der Waals surface area contributed by atoms with Crippen LogP contribution in [-0.4, -0.2) is 35.6 Å². The molecule has 0 aromatic heterocycles. The van der Waals surface area contributed by atoms with Gasteiger partial charge in [-0.05, 0) is 42.4 Å². The summed E-state index contributed by atoms with van der Waals surface area (Å²) in [6, 6.07) is 8.25. The number of rotatable bonds is 4. The van der Waals surface area contributed by atoms with Crippen molar-refractivity contribution in [3.8, 4) is 0 Å². The summed E-state index contributed by atoms with van der Waals surface area (Å²) in [4.78, 5) is 13.9. The maximum absolute atomic E-state index is 12.1. The number of aliphatic hydroxyl groups excluding tert-OH is 1. The molecule has 2 rings (SSSR count). The van der Waals surface area contributed by atoms with Gasteiger partial charge in [-0.25, -0.2) is 0 Å². The molecule has 0 aliphatic carbocycles. The third kappa shape index (κ3) is 3.94. The SMILES string of the molecule is CCc1ccc(/C=C/C(=O)N2CCCC(CO)C2)cc1. The number of hydrogen-bond acceptors (Lipinski definition) is 2.